The van der Waals surface area contributed by atoms with Gasteiger partial charge < -0.3 is 18.8 Å². The fraction of sp³-hybridized carbons (Fsp3) is 0.486. The molecule has 0 radical (unpaired) electrons. The number of ether oxygens (including phenoxy) is 2. The number of hydrogen-bond acceptors (Lipinski definition) is 7. The van der Waals surface area contributed by atoms with Crippen LogP contribution >= 0.6 is 0 Å². The van der Waals surface area contributed by atoms with Crippen molar-refractivity contribution in [3.05, 3.63) is 89.5 Å². The van der Waals surface area contributed by atoms with Crippen molar-refractivity contribution in [1.29, 1.82) is 0 Å². The van der Waals surface area contributed by atoms with Crippen molar-refractivity contribution in [2.45, 2.75) is 90.1 Å². The number of nitrogens with zero attached hydrogens (tertiary/aromatic N) is 1. The number of carbonyl (C=O) groups excluding carboxylic acids is 1. The molecule has 3 atom stereocenters. The molecule has 1 aliphatic heterocycles. The smallest absolute Gasteiger partial charge is 0.397 e. The molecule has 4 rings (SSSR count). The van der Waals surface area contributed by atoms with E-state index in [1.165, 1.54) is 24.3 Å². The van der Waals surface area contributed by atoms with E-state index in [9.17, 15) is 22.0 Å². The first-order valence-electron chi connectivity index (χ1n) is 17.0. The molecule has 1 saturated heterocycles. The number of benzene rings is 3. The molecule has 1 N–H and O–H groups in total. The molecular formula is C37H49F2NO8SSi. The zero-order valence-electron chi connectivity index (χ0n) is 29.7. The van der Waals surface area contributed by atoms with Crippen molar-refractivity contribution in [3.63, 3.8) is 0 Å². The molecule has 50 heavy (non-hydrogen) atoms. The third kappa shape index (κ3) is 10.3. The highest BCUT2D eigenvalue weighted by Gasteiger charge is 2.50. The van der Waals surface area contributed by atoms with Crippen LogP contribution in [0.2, 0.25) is 18.1 Å². The minimum atomic E-state index is -4.53. The van der Waals surface area contributed by atoms with Gasteiger partial charge in [-0.25, -0.2) is 13.0 Å². The Morgan fingerprint density at radius 2 is 1.52 bits per heavy atom. The van der Waals surface area contributed by atoms with Gasteiger partial charge in [0.1, 0.15) is 23.1 Å². The fourth-order valence-electron chi connectivity index (χ4n) is 5.62. The molecule has 0 unspecified atom stereocenters. The maximum absolute atomic E-state index is 14.0. The molecule has 0 aromatic heterocycles. The average molecular weight is 734 g/mol. The highest BCUT2D eigenvalue weighted by Crippen LogP contribution is 2.50. The van der Waals surface area contributed by atoms with Crippen LogP contribution in [0.3, 0.4) is 0 Å². The molecule has 0 spiro atoms. The highest BCUT2D eigenvalue weighted by molar-refractivity contribution is 7.80. The molecular weight excluding hydrogens is 685 g/mol. The molecule has 9 nitrogen and oxygen atoms in total. The molecule has 274 valence electrons. The summed E-state index contributed by atoms with van der Waals surface area (Å²) in [6.07, 6.45) is 2.54. The summed E-state index contributed by atoms with van der Waals surface area (Å²) in [5.41, 5.74) is 2.17. The van der Waals surface area contributed by atoms with E-state index < -0.39 is 36.5 Å². The highest BCUT2D eigenvalue weighted by atomic mass is 32.3. The van der Waals surface area contributed by atoms with Crippen LogP contribution in [0.4, 0.5) is 14.5 Å². The van der Waals surface area contributed by atoms with Crippen molar-refractivity contribution in [3.8, 4) is 11.5 Å². The molecule has 0 saturated carbocycles. The molecule has 1 aliphatic rings. The standard InChI is InChI=1S/C37H49F2NO8SSi/c1-7-8-22-46-34-25-30(45-23-9-24-47-49(42,43)44)18-19-31(34)35-32(36(41)40(35)29-16-14-28(39)15-17-29)20-21-33(26-10-12-27(38)13-11-26)48-50(5,6)37(2,3)4/h10-19,25,32-33,35H,7-9,20-24H2,1-6H3,(H,42,43,44)/t32-,33+,35-/m1/s1. The number of carbonyl (C=O) groups is 1. The number of anilines is 1. The molecule has 1 fully saturated rings. The lowest BCUT2D eigenvalue weighted by Crippen LogP contribution is -2.55. The summed E-state index contributed by atoms with van der Waals surface area (Å²) in [5, 5.41) is -0.0718. The lowest BCUT2D eigenvalue weighted by Gasteiger charge is -2.48. The second-order valence-corrected chi connectivity index (χ2v) is 19.9. The first-order valence-corrected chi connectivity index (χ1v) is 21.3. The van der Waals surface area contributed by atoms with Gasteiger partial charge >= 0.3 is 10.4 Å². The minimum Gasteiger partial charge on any atom is -0.493 e. The van der Waals surface area contributed by atoms with Crippen LogP contribution in [0, 0.1) is 17.6 Å². The van der Waals surface area contributed by atoms with Crippen LogP contribution in [0.15, 0.2) is 66.7 Å². The Labute approximate surface area is 296 Å². The Hall–Kier alpha value is -3.36. The van der Waals surface area contributed by atoms with E-state index in [1.54, 1.807) is 41.3 Å². The van der Waals surface area contributed by atoms with Crippen LogP contribution in [0.5, 0.6) is 11.5 Å². The maximum atomic E-state index is 14.0. The van der Waals surface area contributed by atoms with Gasteiger partial charge in [0.25, 0.3) is 0 Å². The van der Waals surface area contributed by atoms with Gasteiger partial charge in [-0.3, -0.25) is 9.35 Å². The number of rotatable bonds is 18. The van der Waals surface area contributed by atoms with E-state index in [4.69, 9.17) is 18.5 Å². The Kier molecular flexibility index (Phi) is 13.2. The Morgan fingerprint density at radius 1 is 0.900 bits per heavy atom. The monoisotopic (exact) mass is 733 g/mol. The SMILES string of the molecule is CCCCOc1cc(OCCCOS(=O)(=O)O)ccc1[C@@H]1[C@@H](CC[C@H](O[Si](C)(C)C(C)(C)C)c2ccc(F)cc2)C(=O)N1c1ccc(F)cc1. The van der Waals surface area contributed by atoms with Crippen molar-refractivity contribution < 1.29 is 44.6 Å². The first kappa shape index (κ1) is 39.4. The summed E-state index contributed by atoms with van der Waals surface area (Å²) in [5.74, 6) is -0.297. The Balaban J connectivity index is 1.65. The lowest BCUT2D eigenvalue weighted by molar-refractivity contribution is -0.131. The Bertz CT molecular complexity index is 1680. The summed E-state index contributed by atoms with van der Waals surface area (Å²) < 4.78 is 81.7. The summed E-state index contributed by atoms with van der Waals surface area (Å²) >= 11 is 0. The molecule has 1 amide bonds. The molecule has 13 heteroatoms. The van der Waals surface area contributed by atoms with E-state index in [0.717, 1.165) is 24.0 Å². The first-order chi connectivity index (χ1) is 23.5. The molecule has 1 heterocycles. The molecule has 0 bridgehead atoms. The van der Waals surface area contributed by atoms with Gasteiger partial charge in [0.15, 0.2) is 8.32 Å². The van der Waals surface area contributed by atoms with Crippen molar-refractivity contribution >= 4 is 30.3 Å². The number of unbranched alkanes of at least 4 members (excludes halogenated alkanes) is 1. The van der Waals surface area contributed by atoms with Crippen LogP contribution in [-0.2, 0) is 23.8 Å². The number of halogens is 2. The van der Waals surface area contributed by atoms with Crippen LogP contribution in [0.1, 0.15) is 83.1 Å². The number of β-lactam (4-membered cyclic amide) rings is 1. The second-order valence-electron chi connectivity index (χ2n) is 14.1. The Morgan fingerprint density at radius 3 is 2.12 bits per heavy atom. The maximum Gasteiger partial charge on any atom is 0.397 e. The van der Waals surface area contributed by atoms with E-state index in [-0.39, 0.29) is 42.5 Å². The van der Waals surface area contributed by atoms with E-state index in [2.05, 4.69) is 45.0 Å². The summed E-state index contributed by atoms with van der Waals surface area (Å²) in [6.45, 7) is 13.2. The fourth-order valence-corrected chi connectivity index (χ4v) is 7.27. The van der Waals surface area contributed by atoms with Gasteiger partial charge in [-0.2, -0.15) is 8.42 Å². The molecule has 3 aromatic rings. The van der Waals surface area contributed by atoms with Crippen molar-refractivity contribution in [2.75, 3.05) is 24.7 Å². The van der Waals surface area contributed by atoms with Crippen molar-refractivity contribution in [2.24, 2.45) is 5.92 Å². The summed E-state index contributed by atoms with van der Waals surface area (Å²) in [6, 6.07) is 17.1. The van der Waals surface area contributed by atoms with E-state index in [1.807, 2.05) is 6.07 Å². The average Bonchev–Trinajstić information content (AvgIpc) is 3.03. The van der Waals surface area contributed by atoms with E-state index in [0.29, 0.717) is 36.6 Å². The van der Waals surface area contributed by atoms with Gasteiger partial charge in [-0.05, 0) is 91.5 Å². The summed E-state index contributed by atoms with van der Waals surface area (Å²) in [4.78, 5) is 15.7. The largest absolute Gasteiger partial charge is 0.493 e. The summed E-state index contributed by atoms with van der Waals surface area (Å²) in [7, 11) is -6.80. The topological polar surface area (TPSA) is 112 Å². The van der Waals surface area contributed by atoms with Crippen molar-refractivity contribution in [1.82, 2.24) is 0 Å². The third-order valence-corrected chi connectivity index (χ3v) is 14.3. The third-order valence-electron chi connectivity index (χ3n) is 9.39. The zero-order chi connectivity index (χ0) is 36.7. The van der Waals surface area contributed by atoms with Crippen LogP contribution in [-0.4, -0.2) is 47.0 Å². The van der Waals surface area contributed by atoms with Crippen LogP contribution in [0.25, 0.3) is 0 Å². The van der Waals surface area contributed by atoms with E-state index >= 15 is 0 Å². The van der Waals surface area contributed by atoms with Gasteiger partial charge in [0.05, 0.1) is 37.9 Å². The number of amides is 1. The van der Waals surface area contributed by atoms with Gasteiger partial charge in [0.2, 0.25) is 5.91 Å². The van der Waals surface area contributed by atoms with Gasteiger partial charge in [-0.15, -0.1) is 0 Å². The lowest BCUT2D eigenvalue weighted by atomic mass is 9.78. The van der Waals surface area contributed by atoms with Crippen LogP contribution < -0.4 is 14.4 Å². The quantitative estimate of drug-likeness (QED) is 0.0597. The molecule has 3 aromatic carbocycles. The molecule has 0 aliphatic carbocycles. The minimum absolute atomic E-state index is 0.0718. The number of hydrogen-bond donors (Lipinski definition) is 1. The second kappa shape index (κ2) is 16.8. The predicted octanol–water partition coefficient (Wildman–Crippen LogP) is 8.98. The zero-order valence-corrected chi connectivity index (χ0v) is 31.5. The van der Waals surface area contributed by atoms with Gasteiger partial charge in [-0.1, -0.05) is 46.2 Å². The predicted molar refractivity (Wildman–Crippen MR) is 191 cm³/mol. The van der Waals surface area contributed by atoms with Gasteiger partial charge in [0, 0.05) is 23.7 Å². The normalized spacial score (nSPS) is 17.4.